The van der Waals surface area contributed by atoms with Crippen molar-refractivity contribution in [2.24, 2.45) is 0 Å². The highest BCUT2D eigenvalue weighted by Crippen LogP contribution is 2.31. The molecule has 0 radical (unpaired) electrons. The van der Waals surface area contributed by atoms with E-state index < -0.39 is 6.10 Å². The molecule has 4 atom stereocenters. The number of hydrogen-bond donors (Lipinski definition) is 3. The van der Waals surface area contributed by atoms with Crippen molar-refractivity contribution in [3.8, 4) is 11.5 Å². The van der Waals surface area contributed by atoms with E-state index in [0.29, 0.717) is 62.0 Å². The second-order valence-electron chi connectivity index (χ2n) is 11.3. The summed E-state index contributed by atoms with van der Waals surface area (Å²) in [5.74, 6) is 1.31. The lowest BCUT2D eigenvalue weighted by Crippen LogP contribution is -2.57. The molecular weight excluding hydrogens is 552 g/mol. The summed E-state index contributed by atoms with van der Waals surface area (Å²) in [5.41, 5.74) is 3.03. The molecule has 4 heterocycles. The molecule has 2 amide bonds. The van der Waals surface area contributed by atoms with Gasteiger partial charge in [-0.15, -0.1) is 0 Å². The number of fused-ring (bicyclic) bond motifs is 3. The van der Waals surface area contributed by atoms with Gasteiger partial charge in [0, 0.05) is 24.7 Å². The van der Waals surface area contributed by atoms with Gasteiger partial charge in [0.2, 0.25) is 0 Å². The minimum Gasteiger partial charge on any atom is -0.493 e. The van der Waals surface area contributed by atoms with Crippen LogP contribution in [-0.2, 0) is 24.3 Å². The number of rotatable bonds is 10. The van der Waals surface area contributed by atoms with Crippen molar-refractivity contribution < 1.29 is 33.3 Å². The average Bonchev–Trinajstić information content (AvgIpc) is 3.55. The van der Waals surface area contributed by atoms with E-state index in [2.05, 4.69) is 15.6 Å². The van der Waals surface area contributed by atoms with Crippen LogP contribution in [0.4, 0.5) is 0 Å². The lowest BCUT2D eigenvalue weighted by atomic mass is 9.92. The highest BCUT2D eigenvalue weighted by atomic mass is 16.5. The Morgan fingerprint density at radius 3 is 2.74 bits per heavy atom. The predicted octanol–water partition coefficient (Wildman–Crippen LogP) is 2.85. The topological polar surface area (TPSA) is 135 Å². The van der Waals surface area contributed by atoms with Gasteiger partial charge in [0.1, 0.15) is 18.1 Å². The molecule has 228 valence electrons. The highest BCUT2D eigenvalue weighted by Gasteiger charge is 2.38. The zero-order chi connectivity index (χ0) is 29.8. The number of carbonyl (C=O) groups is 2. The second-order valence-corrected chi connectivity index (χ2v) is 11.3. The molecule has 2 fully saturated rings. The lowest BCUT2D eigenvalue weighted by molar-refractivity contribution is -0.0566. The zero-order valence-electron chi connectivity index (χ0n) is 24.3. The summed E-state index contributed by atoms with van der Waals surface area (Å²) in [6.07, 6.45) is 5.76. The van der Waals surface area contributed by atoms with Crippen LogP contribution in [0.5, 0.6) is 11.5 Å². The first-order chi connectivity index (χ1) is 21.0. The van der Waals surface area contributed by atoms with Gasteiger partial charge in [0.15, 0.2) is 12.2 Å². The molecule has 3 unspecified atom stereocenters. The second kappa shape index (κ2) is 13.2. The number of aliphatic hydroxyl groups excluding tert-OH is 1. The van der Waals surface area contributed by atoms with E-state index in [1.165, 1.54) is 6.39 Å². The summed E-state index contributed by atoms with van der Waals surface area (Å²) in [6.45, 7) is 4.24. The van der Waals surface area contributed by atoms with Crippen molar-refractivity contribution >= 4 is 11.8 Å². The molecule has 11 nitrogen and oxygen atoms in total. The molecule has 6 rings (SSSR count). The van der Waals surface area contributed by atoms with Crippen molar-refractivity contribution in [3.05, 3.63) is 77.0 Å². The summed E-state index contributed by atoms with van der Waals surface area (Å²) >= 11 is 0. The van der Waals surface area contributed by atoms with Gasteiger partial charge in [0.05, 0.1) is 49.8 Å². The maximum Gasteiger partial charge on any atom is 0.255 e. The summed E-state index contributed by atoms with van der Waals surface area (Å²) in [7, 11) is 0. The maximum atomic E-state index is 13.5. The van der Waals surface area contributed by atoms with Crippen LogP contribution in [0, 0.1) is 0 Å². The number of aromatic nitrogens is 1. The molecule has 3 N–H and O–H groups in total. The van der Waals surface area contributed by atoms with Gasteiger partial charge in [-0.25, -0.2) is 4.98 Å². The molecule has 3 aliphatic rings. The van der Waals surface area contributed by atoms with Gasteiger partial charge in [-0.2, -0.15) is 0 Å². The molecule has 11 heteroatoms. The zero-order valence-corrected chi connectivity index (χ0v) is 24.3. The van der Waals surface area contributed by atoms with Crippen LogP contribution in [0.15, 0.2) is 53.4 Å². The molecular formula is C32H38N4O7. The van der Waals surface area contributed by atoms with Crippen molar-refractivity contribution in [2.75, 3.05) is 26.4 Å². The van der Waals surface area contributed by atoms with Crippen LogP contribution in [0.3, 0.4) is 0 Å². The van der Waals surface area contributed by atoms with Gasteiger partial charge in [0.25, 0.3) is 11.8 Å². The summed E-state index contributed by atoms with van der Waals surface area (Å²) in [6, 6.07) is 10.8. The van der Waals surface area contributed by atoms with Crippen molar-refractivity contribution in [2.45, 2.75) is 70.0 Å². The first-order valence-electron chi connectivity index (χ1n) is 15.0. The number of nitrogens with one attached hydrogen (secondary N) is 2. The number of aliphatic hydroxyl groups is 1. The minimum atomic E-state index is -0.809. The quantitative estimate of drug-likeness (QED) is 0.326. The number of oxazole rings is 1. The Morgan fingerprint density at radius 2 is 1.98 bits per heavy atom. The number of amides is 2. The number of carbonyl (C=O) groups excluding carboxylic acids is 2. The van der Waals surface area contributed by atoms with E-state index >= 15 is 0 Å². The smallest absolute Gasteiger partial charge is 0.255 e. The monoisotopic (exact) mass is 590 g/mol. The summed E-state index contributed by atoms with van der Waals surface area (Å²) < 4.78 is 22.5. The number of hydrogen-bond acceptors (Lipinski definition) is 9. The number of ether oxygens (including phenoxy) is 3. The standard InChI is InChI=1S/C32H38N4O7/c1-2-41-30-12-21(32(39)36-23-4-3-5-24(36)17-40-16-23)7-9-27(30)31(38)35-15-29(37)28-11-20-6-8-25(10-22(20)13-34-28)42-18-26-14-33-19-43-26/h6-10,12,14,19,23-24,28-29,34,37H,2-5,11,13,15-18H2,1H3,(H,35,38)/t23?,24?,28-,29?/m0/s1. The minimum absolute atomic E-state index is 0.0569. The van der Waals surface area contributed by atoms with Gasteiger partial charge in [-0.3, -0.25) is 9.59 Å². The maximum absolute atomic E-state index is 13.5. The van der Waals surface area contributed by atoms with Gasteiger partial charge in [-0.1, -0.05) is 6.07 Å². The van der Waals surface area contributed by atoms with Gasteiger partial charge >= 0.3 is 0 Å². The third-order valence-corrected chi connectivity index (χ3v) is 8.46. The van der Waals surface area contributed by atoms with Crippen LogP contribution < -0.4 is 20.1 Å². The molecule has 2 aromatic carbocycles. The Labute approximate surface area is 250 Å². The van der Waals surface area contributed by atoms with Crippen LogP contribution in [0.2, 0.25) is 0 Å². The number of piperidine rings is 1. The first kappa shape index (κ1) is 29.2. The number of morpholine rings is 1. The van der Waals surface area contributed by atoms with Crippen LogP contribution in [-0.4, -0.2) is 77.4 Å². The van der Waals surface area contributed by atoms with Crippen LogP contribution >= 0.6 is 0 Å². The first-order valence-corrected chi connectivity index (χ1v) is 15.0. The largest absolute Gasteiger partial charge is 0.493 e. The Bertz CT molecular complexity index is 1410. The van der Waals surface area contributed by atoms with Crippen LogP contribution in [0.1, 0.15) is 63.8 Å². The highest BCUT2D eigenvalue weighted by molar-refractivity contribution is 6.00. The Hall–Kier alpha value is -3.93. The van der Waals surface area contributed by atoms with E-state index in [0.717, 1.165) is 36.1 Å². The van der Waals surface area contributed by atoms with Gasteiger partial charge in [-0.05, 0) is 74.1 Å². The van der Waals surface area contributed by atoms with Crippen molar-refractivity contribution in [1.82, 2.24) is 20.5 Å². The molecule has 3 aromatic rings. The van der Waals surface area contributed by atoms with Gasteiger partial charge < -0.3 is 39.3 Å². The van der Waals surface area contributed by atoms with E-state index in [1.807, 2.05) is 30.0 Å². The number of benzene rings is 2. The predicted molar refractivity (Wildman–Crippen MR) is 156 cm³/mol. The Kier molecular flexibility index (Phi) is 8.92. The fourth-order valence-corrected chi connectivity index (χ4v) is 6.21. The van der Waals surface area contributed by atoms with E-state index in [9.17, 15) is 14.7 Å². The normalized spacial score (nSPS) is 21.9. The van der Waals surface area contributed by atoms with Crippen LogP contribution in [0.25, 0.3) is 0 Å². The third kappa shape index (κ3) is 6.53. The Morgan fingerprint density at radius 1 is 1.14 bits per heavy atom. The summed E-state index contributed by atoms with van der Waals surface area (Å²) in [5, 5.41) is 17.2. The SMILES string of the molecule is CCOc1cc(C(=O)N2C3CCCC2COC3)ccc1C(=O)NCC(O)[C@@H]1Cc2ccc(OCc3cnco3)cc2CN1. The van der Waals surface area contributed by atoms with E-state index in [-0.39, 0.29) is 36.5 Å². The molecule has 3 aliphatic heterocycles. The fourth-order valence-electron chi connectivity index (χ4n) is 6.21. The lowest BCUT2D eigenvalue weighted by Gasteiger charge is -2.45. The molecule has 1 aromatic heterocycles. The third-order valence-electron chi connectivity index (χ3n) is 8.46. The molecule has 0 aliphatic carbocycles. The average molecular weight is 591 g/mol. The number of nitrogens with zero attached hydrogens (tertiary/aromatic N) is 2. The van der Waals surface area contributed by atoms with E-state index in [4.69, 9.17) is 18.6 Å². The fraction of sp³-hybridized carbons (Fsp3) is 0.469. The molecule has 2 saturated heterocycles. The molecule has 2 bridgehead atoms. The molecule has 0 saturated carbocycles. The summed E-state index contributed by atoms with van der Waals surface area (Å²) in [4.78, 5) is 32.5. The van der Waals surface area contributed by atoms with Crippen molar-refractivity contribution in [1.29, 1.82) is 0 Å². The van der Waals surface area contributed by atoms with E-state index in [1.54, 1.807) is 24.4 Å². The Balaban J connectivity index is 1.05. The molecule has 43 heavy (non-hydrogen) atoms. The van der Waals surface area contributed by atoms with Crippen molar-refractivity contribution in [3.63, 3.8) is 0 Å². The molecule has 0 spiro atoms.